The molecule has 0 amide bonds. The second-order valence-corrected chi connectivity index (χ2v) is 5.81. The molecule has 0 saturated heterocycles. The first-order valence-corrected chi connectivity index (χ1v) is 7.98. The monoisotopic (exact) mass is 348 g/mol. The molecular formula is C18H13ClN6. The van der Waals surface area contributed by atoms with E-state index >= 15 is 0 Å². The molecule has 25 heavy (non-hydrogen) atoms. The van der Waals surface area contributed by atoms with Crippen LogP contribution in [0.5, 0.6) is 0 Å². The molecule has 122 valence electrons. The molecule has 0 N–H and O–H groups in total. The molecule has 6 nitrogen and oxygen atoms in total. The van der Waals surface area contributed by atoms with E-state index in [1.165, 1.54) is 0 Å². The zero-order valence-corrected chi connectivity index (χ0v) is 14.1. The van der Waals surface area contributed by atoms with E-state index in [0.29, 0.717) is 27.8 Å². The molecule has 0 radical (unpaired) electrons. The molecule has 0 fully saturated rings. The van der Waals surface area contributed by atoms with Crippen LogP contribution < -0.4 is 4.90 Å². The highest BCUT2D eigenvalue weighted by Gasteiger charge is 2.16. The van der Waals surface area contributed by atoms with Crippen LogP contribution in [0.15, 0.2) is 61.2 Å². The van der Waals surface area contributed by atoms with Gasteiger partial charge < -0.3 is 4.90 Å². The smallest absolute Gasteiger partial charge is 0.184 e. The Morgan fingerprint density at radius 3 is 2.52 bits per heavy atom. The first kappa shape index (κ1) is 15.4. The molecule has 7 heteroatoms. The van der Waals surface area contributed by atoms with Crippen molar-refractivity contribution in [2.45, 2.75) is 0 Å². The van der Waals surface area contributed by atoms with Crippen molar-refractivity contribution in [3.8, 4) is 11.4 Å². The number of anilines is 2. The minimum atomic E-state index is 0.531. The highest BCUT2D eigenvalue weighted by atomic mass is 35.5. The average molecular weight is 349 g/mol. The zero-order valence-electron chi connectivity index (χ0n) is 13.3. The van der Waals surface area contributed by atoms with Crippen molar-refractivity contribution >= 4 is 34.3 Å². The van der Waals surface area contributed by atoms with Gasteiger partial charge in [-0.15, -0.1) is 0 Å². The van der Waals surface area contributed by atoms with Gasteiger partial charge in [0.2, 0.25) is 0 Å². The molecule has 3 heterocycles. The second-order valence-electron chi connectivity index (χ2n) is 5.37. The van der Waals surface area contributed by atoms with Gasteiger partial charge >= 0.3 is 0 Å². The number of fused-ring (bicyclic) bond motifs is 1. The summed E-state index contributed by atoms with van der Waals surface area (Å²) in [5.41, 5.74) is 2.93. The maximum absolute atomic E-state index is 6.11. The molecule has 0 bridgehead atoms. The van der Waals surface area contributed by atoms with Crippen LogP contribution in [-0.2, 0) is 0 Å². The van der Waals surface area contributed by atoms with Crippen molar-refractivity contribution in [1.82, 2.24) is 24.9 Å². The SMILES string of the molecule is CN(c1ccncc1)c1nc(-c2cccc(Cl)c2)nc2nccnc12. The first-order chi connectivity index (χ1) is 12.2. The van der Waals surface area contributed by atoms with Crippen LogP contribution in [0.1, 0.15) is 0 Å². The van der Waals surface area contributed by atoms with E-state index in [2.05, 4.69) is 19.9 Å². The van der Waals surface area contributed by atoms with Crippen LogP contribution >= 0.6 is 11.6 Å². The lowest BCUT2D eigenvalue weighted by atomic mass is 10.2. The van der Waals surface area contributed by atoms with E-state index in [-0.39, 0.29) is 0 Å². The van der Waals surface area contributed by atoms with Crippen molar-refractivity contribution in [2.75, 3.05) is 11.9 Å². The van der Waals surface area contributed by atoms with Crippen LogP contribution in [0, 0.1) is 0 Å². The number of pyridine rings is 1. The Morgan fingerprint density at radius 2 is 1.72 bits per heavy atom. The van der Waals surface area contributed by atoms with Crippen LogP contribution in [0.2, 0.25) is 5.02 Å². The molecule has 4 rings (SSSR count). The summed E-state index contributed by atoms with van der Waals surface area (Å²) in [6.45, 7) is 0. The number of hydrogen-bond donors (Lipinski definition) is 0. The second kappa shape index (κ2) is 6.41. The highest BCUT2D eigenvalue weighted by Crippen LogP contribution is 2.29. The molecule has 0 atom stereocenters. The predicted octanol–water partition coefficient (Wildman–Crippen LogP) is 3.90. The Kier molecular flexibility index (Phi) is 3.95. The van der Waals surface area contributed by atoms with E-state index in [0.717, 1.165) is 11.3 Å². The van der Waals surface area contributed by atoms with E-state index < -0.39 is 0 Å². The number of benzene rings is 1. The standard InChI is InChI=1S/C18H13ClN6/c1-25(14-5-7-20-8-6-14)18-15-17(22-10-9-21-15)23-16(24-18)12-3-2-4-13(19)11-12/h2-11H,1H3. The number of halogens is 1. The molecule has 0 unspecified atom stereocenters. The third-order valence-corrected chi connectivity index (χ3v) is 4.00. The fraction of sp³-hybridized carbons (Fsp3) is 0.0556. The van der Waals surface area contributed by atoms with Crippen molar-refractivity contribution in [3.05, 3.63) is 66.2 Å². The number of hydrogen-bond acceptors (Lipinski definition) is 6. The highest BCUT2D eigenvalue weighted by molar-refractivity contribution is 6.30. The summed E-state index contributed by atoms with van der Waals surface area (Å²) in [4.78, 5) is 24.0. The van der Waals surface area contributed by atoms with Crippen LogP contribution in [0.4, 0.5) is 11.5 Å². The Morgan fingerprint density at radius 1 is 0.920 bits per heavy atom. The predicted molar refractivity (Wildman–Crippen MR) is 97.9 cm³/mol. The quantitative estimate of drug-likeness (QED) is 0.559. The molecule has 3 aromatic heterocycles. The molecular weight excluding hydrogens is 336 g/mol. The maximum atomic E-state index is 6.11. The fourth-order valence-corrected chi connectivity index (χ4v) is 2.72. The Labute approximate surface area is 149 Å². The number of nitrogens with zero attached hydrogens (tertiary/aromatic N) is 6. The van der Waals surface area contributed by atoms with Gasteiger partial charge in [-0.3, -0.25) is 4.98 Å². The van der Waals surface area contributed by atoms with E-state index in [1.807, 2.05) is 48.3 Å². The largest absolute Gasteiger partial charge is 0.327 e. The summed E-state index contributed by atoms with van der Waals surface area (Å²) in [6, 6.07) is 11.2. The molecule has 0 spiro atoms. The molecule has 4 aromatic rings. The van der Waals surface area contributed by atoms with Crippen molar-refractivity contribution < 1.29 is 0 Å². The van der Waals surface area contributed by atoms with Gasteiger partial charge in [0.05, 0.1) is 0 Å². The van der Waals surface area contributed by atoms with Crippen molar-refractivity contribution in [3.63, 3.8) is 0 Å². The molecule has 0 aliphatic rings. The van der Waals surface area contributed by atoms with Gasteiger partial charge in [-0.25, -0.2) is 19.9 Å². The summed E-state index contributed by atoms with van der Waals surface area (Å²) in [5.74, 6) is 1.21. The van der Waals surface area contributed by atoms with Gasteiger partial charge in [-0.05, 0) is 24.3 Å². The van der Waals surface area contributed by atoms with Crippen molar-refractivity contribution in [1.29, 1.82) is 0 Å². The van der Waals surface area contributed by atoms with Gasteiger partial charge in [0.1, 0.15) is 0 Å². The lowest BCUT2D eigenvalue weighted by Crippen LogP contribution is -2.13. The fourth-order valence-electron chi connectivity index (χ4n) is 2.53. The Balaban J connectivity index is 1.93. The van der Waals surface area contributed by atoms with Crippen LogP contribution in [-0.4, -0.2) is 32.0 Å². The minimum absolute atomic E-state index is 0.531. The van der Waals surface area contributed by atoms with Gasteiger partial charge in [0.15, 0.2) is 22.8 Å². The average Bonchev–Trinajstić information content (AvgIpc) is 2.67. The Bertz CT molecular complexity index is 1040. The Hall–Kier alpha value is -3.12. The van der Waals surface area contributed by atoms with E-state index in [9.17, 15) is 0 Å². The lowest BCUT2D eigenvalue weighted by Gasteiger charge is -2.19. The summed E-state index contributed by atoms with van der Waals surface area (Å²) in [7, 11) is 1.92. The summed E-state index contributed by atoms with van der Waals surface area (Å²) >= 11 is 6.11. The van der Waals surface area contributed by atoms with Gasteiger partial charge in [0.25, 0.3) is 0 Å². The number of rotatable bonds is 3. The third kappa shape index (κ3) is 2.99. The zero-order chi connectivity index (χ0) is 17.2. The summed E-state index contributed by atoms with van der Waals surface area (Å²) in [6.07, 6.45) is 6.72. The van der Waals surface area contributed by atoms with Gasteiger partial charge in [-0.2, -0.15) is 0 Å². The first-order valence-electron chi connectivity index (χ1n) is 7.61. The third-order valence-electron chi connectivity index (χ3n) is 3.76. The van der Waals surface area contributed by atoms with Crippen molar-refractivity contribution in [2.24, 2.45) is 0 Å². The molecule has 1 aromatic carbocycles. The van der Waals surface area contributed by atoms with E-state index in [1.54, 1.807) is 24.8 Å². The summed E-state index contributed by atoms with van der Waals surface area (Å²) in [5, 5.41) is 0.629. The number of aromatic nitrogens is 5. The van der Waals surface area contributed by atoms with E-state index in [4.69, 9.17) is 16.6 Å². The molecule has 0 aliphatic carbocycles. The topological polar surface area (TPSA) is 67.7 Å². The van der Waals surface area contributed by atoms with Gasteiger partial charge in [0, 0.05) is 48.1 Å². The molecule has 0 saturated carbocycles. The lowest BCUT2D eigenvalue weighted by molar-refractivity contribution is 1.08. The minimum Gasteiger partial charge on any atom is -0.327 e. The maximum Gasteiger partial charge on any atom is 0.184 e. The van der Waals surface area contributed by atoms with Crippen LogP contribution in [0.3, 0.4) is 0 Å². The normalized spacial score (nSPS) is 10.8. The summed E-state index contributed by atoms with van der Waals surface area (Å²) < 4.78 is 0. The van der Waals surface area contributed by atoms with Gasteiger partial charge in [-0.1, -0.05) is 23.7 Å². The molecule has 0 aliphatic heterocycles. The van der Waals surface area contributed by atoms with Crippen LogP contribution in [0.25, 0.3) is 22.6 Å².